The Morgan fingerprint density at radius 2 is 0.657 bits per heavy atom. The van der Waals surface area contributed by atoms with E-state index in [0.29, 0.717) is 13.2 Å². The molecule has 0 spiro atoms. The predicted molar refractivity (Wildman–Crippen MR) is 161 cm³/mol. The molecule has 0 rings (SSSR count). The van der Waals surface area contributed by atoms with E-state index in [-0.39, 0.29) is 12.6 Å². The van der Waals surface area contributed by atoms with Crippen molar-refractivity contribution >= 4 is 31.9 Å². The molecular formula is C30H60Br2O3. The fraction of sp³-hybridized carbons (Fsp3) is 1.00. The van der Waals surface area contributed by atoms with Gasteiger partial charge in [0.1, 0.15) is 0 Å². The lowest BCUT2D eigenvalue weighted by Gasteiger charge is -2.24. The summed E-state index contributed by atoms with van der Waals surface area (Å²) in [7, 11) is 0. The molecule has 3 nitrogen and oxygen atoms in total. The van der Waals surface area contributed by atoms with Gasteiger partial charge in [0.2, 0.25) is 0 Å². The van der Waals surface area contributed by atoms with E-state index >= 15 is 0 Å². The molecule has 0 fully saturated rings. The van der Waals surface area contributed by atoms with Crippen molar-refractivity contribution < 1.29 is 14.2 Å². The number of unbranched alkanes of at least 4 members (excludes halogenated alkanes) is 18. The molecule has 0 aromatic heterocycles. The van der Waals surface area contributed by atoms with E-state index in [1.807, 2.05) is 0 Å². The van der Waals surface area contributed by atoms with E-state index in [1.54, 1.807) is 0 Å². The number of rotatable bonds is 30. The third-order valence-electron chi connectivity index (χ3n) is 6.66. The van der Waals surface area contributed by atoms with Gasteiger partial charge in [-0.05, 0) is 52.4 Å². The topological polar surface area (TPSA) is 27.7 Å². The van der Waals surface area contributed by atoms with E-state index in [0.717, 1.165) is 23.5 Å². The lowest BCUT2D eigenvalue weighted by molar-refractivity contribution is -0.247. The van der Waals surface area contributed by atoms with Gasteiger partial charge in [0.05, 0.1) is 0 Å². The number of halogens is 2. The largest absolute Gasteiger partial charge is 0.353 e. The summed E-state index contributed by atoms with van der Waals surface area (Å²) in [5, 5.41) is 2.31. The first-order valence-electron chi connectivity index (χ1n) is 15.3. The van der Waals surface area contributed by atoms with E-state index in [4.69, 9.17) is 14.2 Å². The maximum Gasteiger partial charge on any atom is 0.160 e. The molecule has 0 N–H and O–H groups in total. The van der Waals surface area contributed by atoms with Crippen molar-refractivity contribution in [1.82, 2.24) is 0 Å². The van der Waals surface area contributed by atoms with Gasteiger partial charge < -0.3 is 14.2 Å². The van der Waals surface area contributed by atoms with E-state index in [2.05, 4.69) is 45.7 Å². The zero-order valence-electron chi connectivity index (χ0n) is 23.5. The predicted octanol–water partition coefficient (Wildman–Crippen LogP) is 11.1. The first kappa shape index (κ1) is 35.8. The molecule has 0 aliphatic heterocycles. The molecule has 0 saturated heterocycles. The summed E-state index contributed by atoms with van der Waals surface area (Å²) in [5.74, 6) is 0. The number of ether oxygens (including phenoxy) is 3. The van der Waals surface area contributed by atoms with Crippen molar-refractivity contribution in [2.24, 2.45) is 0 Å². The van der Waals surface area contributed by atoms with Crippen molar-refractivity contribution in [3.63, 3.8) is 0 Å². The van der Waals surface area contributed by atoms with Gasteiger partial charge in [0, 0.05) is 23.9 Å². The number of hydrogen-bond acceptors (Lipinski definition) is 3. The van der Waals surface area contributed by atoms with Crippen LogP contribution >= 0.6 is 31.9 Å². The Morgan fingerprint density at radius 3 is 0.914 bits per heavy atom. The van der Waals surface area contributed by atoms with Gasteiger partial charge in [0.15, 0.2) is 12.6 Å². The van der Waals surface area contributed by atoms with Crippen LogP contribution in [0.15, 0.2) is 0 Å². The fourth-order valence-corrected chi connectivity index (χ4v) is 5.35. The van der Waals surface area contributed by atoms with Crippen LogP contribution in [0.1, 0.15) is 155 Å². The zero-order valence-corrected chi connectivity index (χ0v) is 26.7. The Hall–Kier alpha value is 0.840. The molecule has 0 bridgehead atoms. The first-order chi connectivity index (χ1) is 17.3. The van der Waals surface area contributed by atoms with Crippen LogP contribution in [0, 0.1) is 0 Å². The van der Waals surface area contributed by atoms with Crippen LogP contribution in [0.3, 0.4) is 0 Å². The van der Waals surface area contributed by atoms with Crippen LogP contribution in [0.25, 0.3) is 0 Å². The van der Waals surface area contributed by atoms with Crippen LogP contribution in [-0.2, 0) is 14.2 Å². The second-order valence-corrected chi connectivity index (χ2v) is 11.5. The van der Waals surface area contributed by atoms with Gasteiger partial charge in [-0.25, -0.2) is 0 Å². The normalized spacial score (nSPS) is 13.4. The van der Waals surface area contributed by atoms with Gasteiger partial charge in [-0.3, -0.25) is 0 Å². The molecule has 0 aliphatic carbocycles. The highest BCUT2D eigenvalue weighted by molar-refractivity contribution is 9.09. The summed E-state index contributed by atoms with van der Waals surface area (Å²) in [5.41, 5.74) is 0. The van der Waals surface area contributed by atoms with Crippen molar-refractivity contribution in [1.29, 1.82) is 0 Å². The average molecular weight is 629 g/mol. The summed E-state index contributed by atoms with van der Waals surface area (Å²) in [6.07, 6.45) is 28.7. The Labute approximate surface area is 236 Å². The number of alkyl halides is 2. The summed E-state index contributed by atoms with van der Waals surface area (Å²) in [4.78, 5) is 0. The minimum Gasteiger partial charge on any atom is -0.353 e. The third kappa shape index (κ3) is 27.7. The molecule has 0 aromatic rings. The Kier molecular flexibility index (Phi) is 31.8. The molecule has 212 valence electrons. The SMILES string of the molecule is CCOC(CCCCCCCCCCCCBr)OC(CCCCCCCCCCCCBr)OCC. The van der Waals surface area contributed by atoms with Gasteiger partial charge in [-0.15, -0.1) is 0 Å². The van der Waals surface area contributed by atoms with Crippen LogP contribution in [-0.4, -0.2) is 36.5 Å². The maximum absolute atomic E-state index is 6.26. The molecule has 2 unspecified atom stereocenters. The third-order valence-corrected chi connectivity index (χ3v) is 7.78. The van der Waals surface area contributed by atoms with Crippen molar-refractivity contribution in [2.45, 2.75) is 168 Å². The quantitative estimate of drug-likeness (QED) is 0.0450. The molecule has 0 amide bonds. The van der Waals surface area contributed by atoms with E-state index < -0.39 is 0 Å². The second-order valence-electron chi connectivity index (χ2n) is 9.93. The van der Waals surface area contributed by atoms with Gasteiger partial charge in [-0.2, -0.15) is 0 Å². The Bertz CT molecular complexity index is 351. The summed E-state index contributed by atoms with van der Waals surface area (Å²) in [6, 6.07) is 0. The lowest BCUT2D eigenvalue weighted by Crippen LogP contribution is -2.27. The van der Waals surface area contributed by atoms with Crippen LogP contribution in [0.2, 0.25) is 0 Å². The van der Waals surface area contributed by atoms with Crippen LogP contribution in [0.5, 0.6) is 0 Å². The van der Waals surface area contributed by atoms with Crippen molar-refractivity contribution in [3.8, 4) is 0 Å². The lowest BCUT2D eigenvalue weighted by atomic mass is 10.1. The minimum atomic E-state index is -0.115. The summed E-state index contributed by atoms with van der Waals surface area (Å²) in [6.45, 7) is 5.53. The van der Waals surface area contributed by atoms with Gasteiger partial charge >= 0.3 is 0 Å². The van der Waals surface area contributed by atoms with E-state index in [1.165, 1.54) is 128 Å². The summed E-state index contributed by atoms with van der Waals surface area (Å²) >= 11 is 7.02. The van der Waals surface area contributed by atoms with Crippen molar-refractivity contribution in [3.05, 3.63) is 0 Å². The molecule has 5 heteroatoms. The Morgan fingerprint density at radius 1 is 0.400 bits per heavy atom. The second kappa shape index (κ2) is 31.1. The maximum atomic E-state index is 6.26. The molecule has 0 aliphatic rings. The molecule has 0 radical (unpaired) electrons. The van der Waals surface area contributed by atoms with E-state index in [9.17, 15) is 0 Å². The highest BCUT2D eigenvalue weighted by Crippen LogP contribution is 2.18. The smallest absolute Gasteiger partial charge is 0.160 e. The van der Waals surface area contributed by atoms with Crippen molar-refractivity contribution in [2.75, 3.05) is 23.9 Å². The zero-order chi connectivity index (χ0) is 25.7. The first-order valence-corrected chi connectivity index (χ1v) is 17.5. The number of hydrogen-bond donors (Lipinski definition) is 0. The average Bonchev–Trinajstić information content (AvgIpc) is 2.86. The molecule has 35 heavy (non-hydrogen) atoms. The van der Waals surface area contributed by atoms with Crippen LogP contribution in [0.4, 0.5) is 0 Å². The molecule has 0 saturated carbocycles. The minimum absolute atomic E-state index is 0.115. The summed E-state index contributed by atoms with van der Waals surface area (Å²) < 4.78 is 18.1. The molecule has 2 atom stereocenters. The molecule has 0 aromatic carbocycles. The fourth-order valence-electron chi connectivity index (χ4n) is 4.56. The van der Waals surface area contributed by atoms with Crippen LogP contribution < -0.4 is 0 Å². The van der Waals surface area contributed by atoms with Gasteiger partial charge in [-0.1, -0.05) is 135 Å². The highest BCUT2D eigenvalue weighted by atomic mass is 79.9. The van der Waals surface area contributed by atoms with Gasteiger partial charge in [0.25, 0.3) is 0 Å². The molecular weight excluding hydrogens is 568 g/mol. The Balaban J connectivity index is 3.82. The standard InChI is InChI=1S/C30H60Br2O3/c1-3-33-29(25-21-17-13-9-5-7-11-15-19-23-27-31)35-30(34-4-2)26-22-18-14-10-6-8-12-16-20-24-28-32/h29-30H,3-28H2,1-2H3. The highest BCUT2D eigenvalue weighted by Gasteiger charge is 2.17. The monoisotopic (exact) mass is 626 g/mol. The molecule has 0 heterocycles.